The number of rotatable bonds is 7. The third-order valence-electron chi connectivity index (χ3n) is 6.20. The molecule has 0 unspecified atom stereocenters. The molecular formula is C25H26F3N7O. The van der Waals surface area contributed by atoms with E-state index in [0.717, 1.165) is 35.9 Å². The van der Waals surface area contributed by atoms with Gasteiger partial charge in [0.25, 0.3) is 0 Å². The first-order chi connectivity index (χ1) is 17.2. The predicted octanol–water partition coefficient (Wildman–Crippen LogP) is 5.05. The van der Waals surface area contributed by atoms with Crippen LogP contribution in [-0.2, 0) is 19.8 Å². The Hall–Kier alpha value is -3.89. The van der Waals surface area contributed by atoms with Crippen LogP contribution in [0.5, 0.6) is 5.75 Å². The summed E-state index contributed by atoms with van der Waals surface area (Å²) in [5.41, 5.74) is 2.57. The highest BCUT2D eigenvalue weighted by Crippen LogP contribution is 2.39. The molecule has 0 spiro atoms. The van der Waals surface area contributed by atoms with Gasteiger partial charge < -0.3 is 14.2 Å². The Balaban J connectivity index is 1.39. The fourth-order valence-electron chi connectivity index (χ4n) is 4.20. The van der Waals surface area contributed by atoms with Gasteiger partial charge in [0.1, 0.15) is 11.5 Å². The van der Waals surface area contributed by atoms with Crippen molar-refractivity contribution in [3.8, 4) is 28.7 Å². The normalized spacial score (nSPS) is 13.8. The first kappa shape index (κ1) is 23.8. The minimum Gasteiger partial charge on any atom is -0.491 e. The summed E-state index contributed by atoms with van der Waals surface area (Å²) in [6, 6.07) is 7.67. The van der Waals surface area contributed by atoms with Gasteiger partial charge in [-0.05, 0) is 30.9 Å². The molecule has 0 saturated heterocycles. The Morgan fingerprint density at radius 3 is 2.44 bits per heavy atom. The number of nitrogens with zero attached hydrogens (tertiary/aromatic N) is 7. The minimum atomic E-state index is -4.48. The lowest BCUT2D eigenvalue weighted by atomic mass is 10.1. The zero-order chi connectivity index (χ0) is 25.6. The number of aryl methyl sites for hydroxylation is 2. The number of alkyl halides is 3. The van der Waals surface area contributed by atoms with Crippen molar-refractivity contribution < 1.29 is 17.9 Å². The molecule has 5 rings (SSSR count). The van der Waals surface area contributed by atoms with Crippen LogP contribution in [0.4, 0.5) is 19.0 Å². The lowest BCUT2D eigenvalue weighted by Gasteiger charge is -2.21. The van der Waals surface area contributed by atoms with E-state index in [0.29, 0.717) is 35.5 Å². The SMILES string of the molecule is COc1cnc(-c2c(C)cnn2C2CC2)nc1N(C)Cc1ccc(-c2nc(C(F)(F)F)cn2C)cc1. The summed E-state index contributed by atoms with van der Waals surface area (Å²) in [6.07, 6.45) is 2.22. The molecule has 188 valence electrons. The average molecular weight is 498 g/mol. The molecule has 36 heavy (non-hydrogen) atoms. The molecule has 0 N–H and O–H groups in total. The van der Waals surface area contributed by atoms with E-state index < -0.39 is 11.9 Å². The first-order valence-corrected chi connectivity index (χ1v) is 11.5. The maximum absolute atomic E-state index is 13.0. The van der Waals surface area contributed by atoms with Crippen LogP contribution >= 0.6 is 0 Å². The van der Waals surface area contributed by atoms with E-state index in [-0.39, 0.29) is 5.82 Å². The number of aromatic nitrogens is 6. The van der Waals surface area contributed by atoms with E-state index in [1.807, 2.05) is 41.9 Å². The zero-order valence-corrected chi connectivity index (χ0v) is 20.4. The maximum atomic E-state index is 13.0. The quantitative estimate of drug-likeness (QED) is 0.356. The smallest absolute Gasteiger partial charge is 0.434 e. The minimum absolute atomic E-state index is 0.256. The van der Waals surface area contributed by atoms with Crippen molar-refractivity contribution in [3.63, 3.8) is 0 Å². The highest BCUT2D eigenvalue weighted by atomic mass is 19.4. The largest absolute Gasteiger partial charge is 0.491 e. The van der Waals surface area contributed by atoms with Gasteiger partial charge in [0, 0.05) is 32.4 Å². The Morgan fingerprint density at radius 1 is 1.11 bits per heavy atom. The van der Waals surface area contributed by atoms with Crippen LogP contribution in [0, 0.1) is 6.92 Å². The van der Waals surface area contributed by atoms with Crippen molar-refractivity contribution in [3.05, 3.63) is 59.7 Å². The Morgan fingerprint density at radius 2 is 1.83 bits per heavy atom. The molecule has 0 amide bonds. The van der Waals surface area contributed by atoms with Gasteiger partial charge in [-0.3, -0.25) is 4.68 Å². The molecule has 4 aromatic rings. The van der Waals surface area contributed by atoms with Crippen molar-refractivity contribution >= 4 is 5.82 Å². The second-order valence-corrected chi connectivity index (χ2v) is 9.05. The third kappa shape index (κ3) is 4.52. The van der Waals surface area contributed by atoms with Gasteiger partial charge in [-0.15, -0.1) is 0 Å². The number of halogens is 3. The molecule has 0 bridgehead atoms. The second kappa shape index (κ2) is 8.96. The van der Waals surface area contributed by atoms with Gasteiger partial charge in [0.15, 0.2) is 23.1 Å². The van der Waals surface area contributed by atoms with E-state index >= 15 is 0 Å². The number of methoxy groups -OCH3 is 1. The van der Waals surface area contributed by atoms with E-state index in [9.17, 15) is 13.2 Å². The zero-order valence-electron chi connectivity index (χ0n) is 20.4. The van der Waals surface area contributed by atoms with Crippen LogP contribution in [0.1, 0.15) is 35.7 Å². The molecule has 0 radical (unpaired) electrons. The fraction of sp³-hybridized carbons (Fsp3) is 0.360. The Kier molecular flexibility index (Phi) is 5.93. The van der Waals surface area contributed by atoms with Crippen LogP contribution in [0.15, 0.2) is 42.9 Å². The maximum Gasteiger partial charge on any atom is 0.434 e. The first-order valence-electron chi connectivity index (χ1n) is 11.5. The number of imidazole rings is 1. The van der Waals surface area contributed by atoms with Crippen LogP contribution in [0.3, 0.4) is 0 Å². The molecule has 3 aromatic heterocycles. The lowest BCUT2D eigenvalue weighted by molar-refractivity contribution is -0.140. The van der Waals surface area contributed by atoms with Crippen LogP contribution < -0.4 is 9.64 Å². The summed E-state index contributed by atoms with van der Waals surface area (Å²) in [5.74, 6) is 2.02. The summed E-state index contributed by atoms with van der Waals surface area (Å²) in [7, 11) is 5.03. The number of hydrogen-bond acceptors (Lipinski definition) is 6. The molecule has 8 nitrogen and oxygen atoms in total. The van der Waals surface area contributed by atoms with Gasteiger partial charge in [-0.25, -0.2) is 15.0 Å². The number of benzene rings is 1. The van der Waals surface area contributed by atoms with Crippen LogP contribution in [0.2, 0.25) is 0 Å². The Bertz CT molecular complexity index is 1390. The number of hydrogen-bond donors (Lipinski definition) is 0. The summed E-state index contributed by atoms with van der Waals surface area (Å²) in [4.78, 5) is 15.1. The molecule has 1 aliphatic carbocycles. The molecule has 0 aliphatic heterocycles. The van der Waals surface area contributed by atoms with E-state index in [4.69, 9.17) is 9.72 Å². The van der Waals surface area contributed by atoms with Gasteiger partial charge in [0.2, 0.25) is 0 Å². The molecule has 1 saturated carbocycles. The average Bonchev–Trinajstić information content (AvgIpc) is 3.50. The lowest BCUT2D eigenvalue weighted by Crippen LogP contribution is -2.19. The van der Waals surface area contributed by atoms with Gasteiger partial charge in [0.05, 0.1) is 25.5 Å². The van der Waals surface area contributed by atoms with E-state index in [1.165, 1.54) is 4.57 Å². The van der Waals surface area contributed by atoms with Crippen LogP contribution in [-0.4, -0.2) is 43.5 Å². The number of ether oxygens (including phenoxy) is 1. The highest BCUT2D eigenvalue weighted by Gasteiger charge is 2.34. The second-order valence-electron chi connectivity index (χ2n) is 9.05. The van der Waals surface area contributed by atoms with Crippen molar-refractivity contribution in [2.24, 2.45) is 7.05 Å². The topological polar surface area (TPSA) is 73.9 Å². The predicted molar refractivity (Wildman–Crippen MR) is 129 cm³/mol. The van der Waals surface area contributed by atoms with Gasteiger partial charge in [-0.2, -0.15) is 18.3 Å². The fourth-order valence-corrected chi connectivity index (χ4v) is 4.20. The van der Waals surface area contributed by atoms with Crippen molar-refractivity contribution in [2.45, 2.75) is 38.5 Å². The summed E-state index contributed by atoms with van der Waals surface area (Å²) >= 11 is 0. The van der Waals surface area contributed by atoms with E-state index in [1.54, 1.807) is 32.5 Å². The van der Waals surface area contributed by atoms with Crippen molar-refractivity contribution in [2.75, 3.05) is 19.1 Å². The van der Waals surface area contributed by atoms with E-state index in [2.05, 4.69) is 15.1 Å². The molecule has 1 fully saturated rings. The van der Waals surface area contributed by atoms with Crippen molar-refractivity contribution in [1.29, 1.82) is 0 Å². The van der Waals surface area contributed by atoms with Crippen LogP contribution in [0.25, 0.3) is 22.9 Å². The van der Waals surface area contributed by atoms with Gasteiger partial charge in [-0.1, -0.05) is 24.3 Å². The summed E-state index contributed by atoms with van der Waals surface area (Å²) in [5, 5.41) is 4.52. The van der Waals surface area contributed by atoms with Gasteiger partial charge >= 0.3 is 6.18 Å². The standard InChI is InChI=1S/C25H26F3N7O/c1-15-11-30-35(18-9-10-18)21(15)22-29-12-19(36-4)24(32-22)33(2)13-16-5-7-17(8-6-16)23-31-20(14-34(23)3)25(26,27)28/h5-8,11-12,14,18H,9-10,13H2,1-4H3. The molecule has 3 heterocycles. The van der Waals surface area contributed by atoms with Crippen molar-refractivity contribution in [1.82, 2.24) is 29.3 Å². The molecule has 0 atom stereocenters. The summed E-state index contributed by atoms with van der Waals surface area (Å²) < 4.78 is 48.0. The monoisotopic (exact) mass is 497 g/mol. The molecular weight excluding hydrogens is 471 g/mol. The summed E-state index contributed by atoms with van der Waals surface area (Å²) in [6.45, 7) is 2.50. The Labute approximate surface area is 206 Å². The highest BCUT2D eigenvalue weighted by molar-refractivity contribution is 5.62. The molecule has 1 aliphatic rings. The molecule has 1 aromatic carbocycles. The third-order valence-corrected chi connectivity index (χ3v) is 6.20. The number of anilines is 1. The molecule has 11 heteroatoms.